The SMILES string of the molecule is CSc1nnc(NC(=O)CN(c2cccc(Cl)c2)S(=O)(=O)c2ccc(Cl)cc2)s1. The molecule has 12 heteroatoms. The summed E-state index contributed by atoms with van der Waals surface area (Å²) in [5, 5.41) is 11.4. The molecule has 0 aliphatic rings. The van der Waals surface area contributed by atoms with E-state index in [1.165, 1.54) is 53.4 Å². The average Bonchev–Trinajstić information content (AvgIpc) is 3.14. The van der Waals surface area contributed by atoms with Crippen LogP contribution in [-0.4, -0.2) is 37.3 Å². The number of thioether (sulfide) groups is 1. The minimum Gasteiger partial charge on any atom is -0.299 e. The van der Waals surface area contributed by atoms with Crippen molar-refractivity contribution < 1.29 is 13.2 Å². The predicted octanol–water partition coefficient (Wildman–Crippen LogP) is 4.40. The van der Waals surface area contributed by atoms with Crippen LogP contribution in [0.1, 0.15) is 0 Å². The quantitative estimate of drug-likeness (QED) is 0.391. The van der Waals surface area contributed by atoms with E-state index < -0.39 is 22.5 Å². The van der Waals surface area contributed by atoms with Crippen molar-refractivity contribution in [3.05, 3.63) is 58.6 Å². The first-order valence-corrected chi connectivity index (χ1v) is 12.2. The maximum Gasteiger partial charge on any atom is 0.264 e. The summed E-state index contributed by atoms with van der Waals surface area (Å²) in [5.74, 6) is -0.564. The number of aromatic nitrogens is 2. The molecule has 0 spiro atoms. The van der Waals surface area contributed by atoms with Crippen LogP contribution in [0.2, 0.25) is 10.0 Å². The van der Waals surface area contributed by atoms with E-state index in [0.717, 1.165) is 4.31 Å². The third kappa shape index (κ3) is 5.40. The number of carbonyl (C=O) groups excluding carboxylic acids is 1. The molecule has 0 unspecified atom stereocenters. The first-order chi connectivity index (χ1) is 13.8. The second kappa shape index (κ2) is 9.31. The summed E-state index contributed by atoms with van der Waals surface area (Å²) in [7, 11) is -4.06. The van der Waals surface area contributed by atoms with Gasteiger partial charge in [0.1, 0.15) is 6.54 Å². The second-order valence-corrected chi connectivity index (χ2v) is 10.3. The first kappa shape index (κ1) is 21.8. The van der Waals surface area contributed by atoms with Crippen LogP contribution in [0, 0.1) is 0 Å². The number of rotatable bonds is 7. The Kier molecular flexibility index (Phi) is 7.01. The molecule has 1 amide bonds. The summed E-state index contributed by atoms with van der Waals surface area (Å²) >= 11 is 14.5. The first-order valence-electron chi connectivity index (χ1n) is 8.01. The van der Waals surface area contributed by atoms with E-state index in [9.17, 15) is 13.2 Å². The minimum absolute atomic E-state index is 0.00439. The Morgan fingerprint density at radius 3 is 2.48 bits per heavy atom. The molecule has 3 rings (SSSR count). The maximum absolute atomic E-state index is 13.2. The number of nitrogens with zero attached hydrogens (tertiary/aromatic N) is 3. The molecule has 0 radical (unpaired) electrons. The minimum atomic E-state index is -4.06. The molecule has 0 bridgehead atoms. The molecule has 7 nitrogen and oxygen atoms in total. The highest BCUT2D eigenvalue weighted by molar-refractivity contribution is 8.00. The summed E-state index contributed by atoms with van der Waals surface area (Å²) in [6.45, 7) is -0.473. The van der Waals surface area contributed by atoms with Gasteiger partial charge < -0.3 is 0 Å². The molecule has 0 fully saturated rings. The number of anilines is 2. The number of hydrogen-bond acceptors (Lipinski definition) is 7. The molecule has 3 aromatic rings. The Hall–Kier alpha value is -1.85. The molecule has 1 aromatic heterocycles. The lowest BCUT2D eigenvalue weighted by Gasteiger charge is -2.24. The smallest absolute Gasteiger partial charge is 0.264 e. The highest BCUT2D eigenvalue weighted by Crippen LogP contribution is 2.27. The van der Waals surface area contributed by atoms with Crippen LogP contribution in [0.15, 0.2) is 57.8 Å². The number of benzene rings is 2. The fourth-order valence-corrected chi connectivity index (χ4v) is 5.22. The highest BCUT2D eigenvalue weighted by atomic mass is 35.5. The van der Waals surface area contributed by atoms with E-state index >= 15 is 0 Å². The summed E-state index contributed by atoms with van der Waals surface area (Å²) in [4.78, 5) is 12.6. The van der Waals surface area contributed by atoms with Crippen LogP contribution in [0.25, 0.3) is 0 Å². The molecule has 0 saturated carbocycles. The van der Waals surface area contributed by atoms with Crippen molar-refractivity contribution in [3.63, 3.8) is 0 Å². The molecule has 0 aliphatic carbocycles. The van der Waals surface area contributed by atoms with Crippen molar-refractivity contribution >= 4 is 73.0 Å². The zero-order valence-corrected chi connectivity index (χ0v) is 18.8. The zero-order chi connectivity index (χ0) is 21.0. The van der Waals surface area contributed by atoms with E-state index in [1.54, 1.807) is 18.2 Å². The van der Waals surface area contributed by atoms with E-state index in [2.05, 4.69) is 15.5 Å². The standard InChI is InChI=1S/C17H14Cl2N4O3S3/c1-27-17-22-21-16(28-17)20-15(24)10-23(13-4-2-3-12(19)9-13)29(25,26)14-7-5-11(18)6-8-14/h2-9H,10H2,1H3,(H,20,21,24). The van der Waals surface area contributed by atoms with Crippen molar-refractivity contribution in [1.82, 2.24) is 10.2 Å². The van der Waals surface area contributed by atoms with Gasteiger partial charge in [-0.1, -0.05) is 52.4 Å². The van der Waals surface area contributed by atoms with Gasteiger partial charge in [-0.2, -0.15) is 0 Å². The van der Waals surface area contributed by atoms with Crippen molar-refractivity contribution in [2.24, 2.45) is 0 Å². The molecule has 29 heavy (non-hydrogen) atoms. The second-order valence-electron chi connectivity index (χ2n) is 5.57. The molecule has 0 atom stereocenters. The van der Waals surface area contributed by atoms with Crippen LogP contribution in [0.3, 0.4) is 0 Å². The molecular formula is C17H14Cl2N4O3S3. The van der Waals surface area contributed by atoms with Gasteiger partial charge in [-0.3, -0.25) is 14.4 Å². The predicted molar refractivity (Wildman–Crippen MR) is 118 cm³/mol. The monoisotopic (exact) mass is 488 g/mol. The van der Waals surface area contributed by atoms with Gasteiger partial charge in [0.15, 0.2) is 4.34 Å². The molecule has 0 aliphatic heterocycles. The topological polar surface area (TPSA) is 92.3 Å². The molecule has 2 aromatic carbocycles. The largest absolute Gasteiger partial charge is 0.299 e. The zero-order valence-electron chi connectivity index (χ0n) is 14.9. The summed E-state index contributed by atoms with van der Waals surface area (Å²) in [5.41, 5.74) is 0.254. The van der Waals surface area contributed by atoms with Crippen molar-refractivity contribution in [2.75, 3.05) is 22.4 Å². The Morgan fingerprint density at radius 1 is 1.14 bits per heavy atom. The number of sulfonamides is 1. The third-order valence-electron chi connectivity index (χ3n) is 3.61. The lowest BCUT2D eigenvalue weighted by atomic mass is 10.3. The number of carbonyl (C=O) groups is 1. The average molecular weight is 489 g/mol. The van der Waals surface area contributed by atoms with Gasteiger partial charge in [0.25, 0.3) is 10.0 Å². The van der Waals surface area contributed by atoms with E-state index in [4.69, 9.17) is 23.2 Å². The van der Waals surface area contributed by atoms with Gasteiger partial charge >= 0.3 is 0 Å². The summed E-state index contributed by atoms with van der Waals surface area (Å²) < 4.78 is 28.1. The van der Waals surface area contributed by atoms with Gasteiger partial charge in [0.2, 0.25) is 11.0 Å². The summed E-state index contributed by atoms with van der Waals surface area (Å²) in [6, 6.07) is 11.9. The van der Waals surface area contributed by atoms with Crippen LogP contribution in [0.4, 0.5) is 10.8 Å². The van der Waals surface area contributed by atoms with Crippen molar-refractivity contribution in [2.45, 2.75) is 9.24 Å². The van der Waals surface area contributed by atoms with E-state index in [1.807, 2.05) is 6.26 Å². The molecule has 1 N–H and O–H groups in total. The normalized spacial score (nSPS) is 11.3. The molecule has 0 saturated heterocycles. The maximum atomic E-state index is 13.2. The Morgan fingerprint density at radius 2 is 1.86 bits per heavy atom. The van der Waals surface area contributed by atoms with Gasteiger partial charge in [0, 0.05) is 10.0 Å². The molecule has 1 heterocycles. The van der Waals surface area contributed by atoms with E-state index in [0.29, 0.717) is 14.4 Å². The highest BCUT2D eigenvalue weighted by Gasteiger charge is 2.27. The van der Waals surface area contributed by atoms with Crippen LogP contribution in [0.5, 0.6) is 0 Å². The van der Waals surface area contributed by atoms with Crippen LogP contribution < -0.4 is 9.62 Å². The number of hydrogen-bond donors (Lipinski definition) is 1. The van der Waals surface area contributed by atoms with Crippen molar-refractivity contribution in [1.29, 1.82) is 0 Å². The number of halogens is 2. The fourth-order valence-electron chi connectivity index (χ4n) is 2.31. The lowest BCUT2D eigenvalue weighted by Crippen LogP contribution is -2.38. The van der Waals surface area contributed by atoms with Gasteiger partial charge in [0.05, 0.1) is 10.6 Å². The molecular weight excluding hydrogens is 475 g/mol. The van der Waals surface area contributed by atoms with E-state index in [-0.39, 0.29) is 15.7 Å². The number of nitrogens with one attached hydrogen (secondary N) is 1. The Bertz CT molecular complexity index is 1120. The molecule has 152 valence electrons. The number of amides is 1. The summed E-state index contributed by atoms with van der Waals surface area (Å²) in [6.07, 6.45) is 1.84. The van der Waals surface area contributed by atoms with Crippen LogP contribution >= 0.6 is 46.3 Å². The lowest BCUT2D eigenvalue weighted by molar-refractivity contribution is -0.114. The Labute approximate surface area is 186 Å². The van der Waals surface area contributed by atoms with Gasteiger partial charge in [-0.05, 0) is 48.7 Å². The fraction of sp³-hybridized carbons (Fsp3) is 0.118. The van der Waals surface area contributed by atoms with Crippen LogP contribution in [-0.2, 0) is 14.8 Å². The van der Waals surface area contributed by atoms with Crippen molar-refractivity contribution in [3.8, 4) is 0 Å². The van der Waals surface area contributed by atoms with Gasteiger partial charge in [-0.15, -0.1) is 10.2 Å². The third-order valence-corrected chi connectivity index (χ3v) is 7.70. The Balaban J connectivity index is 1.92. The van der Waals surface area contributed by atoms with Gasteiger partial charge in [-0.25, -0.2) is 8.42 Å².